The molecule has 0 fully saturated rings. The van der Waals surface area contributed by atoms with E-state index in [4.69, 9.17) is 0 Å². The number of hydrogen-bond donors (Lipinski definition) is 1. The zero-order valence-electron chi connectivity index (χ0n) is 11.6. The molecule has 2 nitrogen and oxygen atoms in total. The fourth-order valence-corrected chi connectivity index (χ4v) is 2.49. The van der Waals surface area contributed by atoms with Crippen LogP contribution in [0.2, 0.25) is 0 Å². The van der Waals surface area contributed by atoms with Gasteiger partial charge in [-0.05, 0) is 42.7 Å². The predicted octanol–water partition coefficient (Wildman–Crippen LogP) is 4.51. The Balaban J connectivity index is 1.97. The lowest BCUT2D eigenvalue weighted by Crippen LogP contribution is -2.20. The van der Waals surface area contributed by atoms with Crippen molar-refractivity contribution in [2.75, 3.05) is 0 Å². The van der Waals surface area contributed by atoms with Gasteiger partial charge in [0.25, 0.3) is 0 Å². The van der Waals surface area contributed by atoms with E-state index in [0.717, 1.165) is 24.0 Å². The third-order valence-corrected chi connectivity index (χ3v) is 3.94. The van der Waals surface area contributed by atoms with Gasteiger partial charge < -0.3 is 9.88 Å². The zero-order valence-corrected chi connectivity index (χ0v) is 13.2. The number of aromatic nitrogens is 1. The van der Waals surface area contributed by atoms with Gasteiger partial charge in [0.05, 0.1) is 0 Å². The number of benzene rings is 1. The van der Waals surface area contributed by atoms with Gasteiger partial charge in [-0.1, -0.05) is 35.0 Å². The Labute approximate surface area is 124 Å². The first-order chi connectivity index (χ1) is 9.22. The van der Waals surface area contributed by atoms with Crippen molar-refractivity contribution in [1.82, 2.24) is 9.88 Å². The predicted molar refractivity (Wildman–Crippen MR) is 84.1 cm³/mol. The molecule has 102 valence electrons. The molecular weight excluding hydrogens is 300 g/mol. The van der Waals surface area contributed by atoms with E-state index in [-0.39, 0.29) is 0 Å². The molecule has 0 saturated heterocycles. The topological polar surface area (TPSA) is 17.0 Å². The van der Waals surface area contributed by atoms with E-state index >= 15 is 0 Å². The highest BCUT2D eigenvalue weighted by Crippen LogP contribution is 2.20. The largest absolute Gasteiger partial charge is 0.354 e. The van der Waals surface area contributed by atoms with Crippen LogP contribution >= 0.6 is 15.9 Å². The molecule has 1 unspecified atom stereocenters. The summed E-state index contributed by atoms with van der Waals surface area (Å²) >= 11 is 3.48. The number of hydrogen-bond acceptors (Lipinski definition) is 1. The standard InChI is InChI=1S/C16H21BrN2/c1-3-16(14-5-7-15(17)8-6-14)18-11-13-9-10-19(4-2)12-13/h5-10,12,16,18H,3-4,11H2,1-2H3. The molecule has 1 aromatic carbocycles. The Morgan fingerprint density at radius 1 is 1.16 bits per heavy atom. The van der Waals surface area contributed by atoms with Crippen LogP contribution in [0.25, 0.3) is 0 Å². The van der Waals surface area contributed by atoms with E-state index in [1.54, 1.807) is 0 Å². The average Bonchev–Trinajstić information content (AvgIpc) is 2.89. The number of rotatable bonds is 6. The van der Waals surface area contributed by atoms with Gasteiger partial charge in [0.15, 0.2) is 0 Å². The van der Waals surface area contributed by atoms with Crippen molar-refractivity contribution in [1.29, 1.82) is 0 Å². The molecular formula is C16H21BrN2. The summed E-state index contributed by atoms with van der Waals surface area (Å²) in [4.78, 5) is 0. The van der Waals surface area contributed by atoms with Crippen LogP contribution in [-0.4, -0.2) is 4.57 Å². The summed E-state index contributed by atoms with van der Waals surface area (Å²) in [6.07, 6.45) is 5.44. The first-order valence-electron chi connectivity index (χ1n) is 6.86. The van der Waals surface area contributed by atoms with E-state index in [2.05, 4.69) is 82.4 Å². The quantitative estimate of drug-likeness (QED) is 0.828. The van der Waals surface area contributed by atoms with Crippen LogP contribution in [0.5, 0.6) is 0 Å². The minimum absolute atomic E-state index is 0.415. The van der Waals surface area contributed by atoms with Gasteiger partial charge in [0.1, 0.15) is 0 Å². The number of halogens is 1. The molecule has 1 heterocycles. The Morgan fingerprint density at radius 3 is 2.47 bits per heavy atom. The number of nitrogens with one attached hydrogen (secondary N) is 1. The fraction of sp³-hybridized carbons (Fsp3) is 0.375. The summed E-state index contributed by atoms with van der Waals surface area (Å²) in [5, 5.41) is 3.63. The summed E-state index contributed by atoms with van der Waals surface area (Å²) in [6, 6.07) is 11.2. The molecule has 0 saturated carbocycles. The van der Waals surface area contributed by atoms with Crippen molar-refractivity contribution in [2.45, 2.75) is 39.4 Å². The molecule has 2 rings (SSSR count). The summed E-state index contributed by atoms with van der Waals surface area (Å²) in [6.45, 7) is 6.33. The normalized spacial score (nSPS) is 12.6. The molecule has 0 aliphatic rings. The maximum atomic E-state index is 3.63. The highest BCUT2D eigenvalue weighted by atomic mass is 79.9. The molecule has 0 aliphatic heterocycles. The minimum Gasteiger partial charge on any atom is -0.354 e. The van der Waals surface area contributed by atoms with E-state index in [1.807, 2.05) is 0 Å². The monoisotopic (exact) mass is 320 g/mol. The Morgan fingerprint density at radius 2 is 1.89 bits per heavy atom. The first-order valence-corrected chi connectivity index (χ1v) is 7.65. The highest BCUT2D eigenvalue weighted by molar-refractivity contribution is 9.10. The van der Waals surface area contributed by atoms with Crippen molar-refractivity contribution in [3.05, 3.63) is 58.3 Å². The lowest BCUT2D eigenvalue weighted by atomic mass is 10.0. The minimum atomic E-state index is 0.415. The average molecular weight is 321 g/mol. The first kappa shape index (κ1) is 14.4. The molecule has 1 atom stereocenters. The van der Waals surface area contributed by atoms with Crippen molar-refractivity contribution in [3.8, 4) is 0 Å². The van der Waals surface area contributed by atoms with E-state index in [9.17, 15) is 0 Å². The van der Waals surface area contributed by atoms with Crippen molar-refractivity contribution in [2.24, 2.45) is 0 Å². The number of nitrogens with zero attached hydrogens (tertiary/aromatic N) is 1. The molecule has 3 heteroatoms. The molecule has 0 spiro atoms. The van der Waals surface area contributed by atoms with Crippen molar-refractivity contribution < 1.29 is 0 Å². The van der Waals surface area contributed by atoms with Gasteiger partial charge in [-0.15, -0.1) is 0 Å². The van der Waals surface area contributed by atoms with Gasteiger partial charge in [-0.25, -0.2) is 0 Å². The second kappa shape index (κ2) is 6.92. The molecule has 0 bridgehead atoms. The summed E-state index contributed by atoms with van der Waals surface area (Å²) in [5.41, 5.74) is 2.69. The fourth-order valence-electron chi connectivity index (χ4n) is 2.23. The molecule has 1 aromatic heterocycles. The smallest absolute Gasteiger partial charge is 0.0320 e. The van der Waals surface area contributed by atoms with Crippen molar-refractivity contribution in [3.63, 3.8) is 0 Å². The summed E-state index contributed by atoms with van der Waals surface area (Å²) in [7, 11) is 0. The Hall–Kier alpha value is -1.06. The van der Waals surface area contributed by atoms with Gasteiger partial charge in [-0.3, -0.25) is 0 Å². The molecule has 0 aliphatic carbocycles. The van der Waals surface area contributed by atoms with Crippen LogP contribution in [-0.2, 0) is 13.1 Å². The second-order valence-corrected chi connectivity index (χ2v) is 5.66. The SMILES string of the molecule is CCC(NCc1ccn(CC)c1)c1ccc(Br)cc1. The van der Waals surface area contributed by atoms with E-state index in [1.165, 1.54) is 11.1 Å². The van der Waals surface area contributed by atoms with Gasteiger partial charge in [-0.2, -0.15) is 0 Å². The molecule has 0 radical (unpaired) electrons. The van der Waals surface area contributed by atoms with Gasteiger partial charge in [0.2, 0.25) is 0 Å². The highest BCUT2D eigenvalue weighted by Gasteiger charge is 2.08. The van der Waals surface area contributed by atoms with E-state index in [0.29, 0.717) is 6.04 Å². The van der Waals surface area contributed by atoms with Crippen LogP contribution in [0, 0.1) is 0 Å². The summed E-state index contributed by atoms with van der Waals surface area (Å²) < 4.78 is 3.34. The Kier molecular flexibility index (Phi) is 5.23. The van der Waals surface area contributed by atoms with Crippen molar-refractivity contribution >= 4 is 15.9 Å². The molecule has 2 aromatic rings. The Bertz CT molecular complexity index is 502. The molecule has 0 amide bonds. The van der Waals surface area contributed by atoms with Crippen LogP contribution in [0.4, 0.5) is 0 Å². The lowest BCUT2D eigenvalue weighted by molar-refractivity contribution is 0.518. The van der Waals surface area contributed by atoms with Gasteiger partial charge >= 0.3 is 0 Å². The third-order valence-electron chi connectivity index (χ3n) is 3.41. The maximum Gasteiger partial charge on any atom is 0.0320 e. The lowest BCUT2D eigenvalue weighted by Gasteiger charge is -2.17. The molecule has 1 N–H and O–H groups in total. The summed E-state index contributed by atoms with van der Waals surface area (Å²) in [5.74, 6) is 0. The second-order valence-electron chi connectivity index (χ2n) is 4.74. The molecule has 19 heavy (non-hydrogen) atoms. The van der Waals surface area contributed by atoms with E-state index < -0.39 is 0 Å². The van der Waals surface area contributed by atoms with Crippen LogP contribution in [0.1, 0.15) is 37.4 Å². The maximum absolute atomic E-state index is 3.63. The third kappa shape index (κ3) is 3.95. The van der Waals surface area contributed by atoms with Crippen LogP contribution in [0.3, 0.4) is 0 Å². The van der Waals surface area contributed by atoms with Crippen LogP contribution in [0.15, 0.2) is 47.2 Å². The number of aryl methyl sites for hydroxylation is 1. The van der Waals surface area contributed by atoms with Gasteiger partial charge in [0, 0.05) is 36.0 Å². The van der Waals surface area contributed by atoms with Crippen LogP contribution < -0.4 is 5.32 Å². The zero-order chi connectivity index (χ0) is 13.7.